The van der Waals surface area contributed by atoms with Crippen LogP contribution in [0.2, 0.25) is 0 Å². The molecule has 0 bridgehead atoms. The Labute approximate surface area is 109 Å². The number of piperazine rings is 1. The standard InChI is InChI=1S/C13H24N2O3/c1-5-11(16)10-14-6-8-15(9-7-14)12(17)18-13(2,3)4/h5-10H2,1-4H3. The molecular formula is C13H24N2O3. The first-order valence-corrected chi connectivity index (χ1v) is 6.54. The molecule has 0 saturated carbocycles. The number of rotatable bonds is 3. The van der Waals surface area contributed by atoms with Crippen molar-refractivity contribution >= 4 is 11.9 Å². The van der Waals surface area contributed by atoms with Crippen LogP contribution in [0.1, 0.15) is 34.1 Å². The zero-order chi connectivity index (χ0) is 13.8. The summed E-state index contributed by atoms with van der Waals surface area (Å²) in [6.07, 6.45) is 0.315. The first-order chi connectivity index (χ1) is 8.31. The van der Waals surface area contributed by atoms with Gasteiger partial charge in [-0.25, -0.2) is 4.79 Å². The van der Waals surface area contributed by atoms with Crippen molar-refractivity contribution in [1.29, 1.82) is 0 Å². The molecule has 1 heterocycles. The molecule has 1 rings (SSSR count). The number of hydrogen-bond acceptors (Lipinski definition) is 4. The van der Waals surface area contributed by atoms with Gasteiger partial charge in [0.1, 0.15) is 11.4 Å². The van der Waals surface area contributed by atoms with Crippen LogP contribution in [-0.2, 0) is 9.53 Å². The summed E-state index contributed by atoms with van der Waals surface area (Å²) < 4.78 is 5.32. The van der Waals surface area contributed by atoms with E-state index in [2.05, 4.69) is 4.90 Å². The summed E-state index contributed by atoms with van der Waals surface area (Å²) in [4.78, 5) is 26.9. The molecule has 1 aliphatic rings. The van der Waals surface area contributed by atoms with Crippen LogP contribution in [-0.4, -0.2) is 60.0 Å². The highest BCUT2D eigenvalue weighted by atomic mass is 16.6. The zero-order valence-corrected chi connectivity index (χ0v) is 11.9. The monoisotopic (exact) mass is 256 g/mol. The van der Waals surface area contributed by atoms with Gasteiger partial charge < -0.3 is 9.64 Å². The smallest absolute Gasteiger partial charge is 0.410 e. The molecule has 0 aromatic carbocycles. The second-order valence-electron chi connectivity index (χ2n) is 5.64. The molecule has 104 valence electrons. The summed E-state index contributed by atoms with van der Waals surface area (Å²) >= 11 is 0. The number of nitrogens with zero attached hydrogens (tertiary/aromatic N) is 2. The van der Waals surface area contributed by atoms with Crippen LogP contribution in [0.4, 0.5) is 4.79 Å². The van der Waals surface area contributed by atoms with E-state index >= 15 is 0 Å². The van der Waals surface area contributed by atoms with Crippen LogP contribution >= 0.6 is 0 Å². The SMILES string of the molecule is CCC(=O)CN1CCN(C(=O)OC(C)(C)C)CC1. The molecule has 0 spiro atoms. The van der Waals surface area contributed by atoms with Crippen molar-refractivity contribution in [2.24, 2.45) is 0 Å². The Hall–Kier alpha value is -1.10. The van der Waals surface area contributed by atoms with Gasteiger partial charge >= 0.3 is 6.09 Å². The fourth-order valence-corrected chi connectivity index (χ4v) is 1.78. The van der Waals surface area contributed by atoms with Gasteiger partial charge in [-0.15, -0.1) is 0 Å². The minimum absolute atomic E-state index is 0.251. The van der Waals surface area contributed by atoms with Gasteiger partial charge in [0.25, 0.3) is 0 Å². The quantitative estimate of drug-likeness (QED) is 0.768. The highest BCUT2D eigenvalue weighted by Crippen LogP contribution is 2.11. The summed E-state index contributed by atoms with van der Waals surface area (Å²) in [7, 11) is 0. The molecular weight excluding hydrogens is 232 g/mol. The molecule has 0 unspecified atom stereocenters. The van der Waals surface area contributed by atoms with Crippen LogP contribution in [0, 0.1) is 0 Å². The summed E-state index contributed by atoms with van der Waals surface area (Å²) in [6, 6.07) is 0. The van der Waals surface area contributed by atoms with E-state index < -0.39 is 5.60 Å². The van der Waals surface area contributed by atoms with Gasteiger partial charge in [-0.2, -0.15) is 0 Å². The van der Waals surface area contributed by atoms with E-state index in [9.17, 15) is 9.59 Å². The van der Waals surface area contributed by atoms with Gasteiger partial charge in [0, 0.05) is 32.6 Å². The van der Waals surface area contributed by atoms with E-state index in [4.69, 9.17) is 4.74 Å². The van der Waals surface area contributed by atoms with Crippen LogP contribution < -0.4 is 0 Å². The van der Waals surface area contributed by atoms with Gasteiger partial charge in [-0.05, 0) is 20.8 Å². The molecule has 0 N–H and O–H groups in total. The zero-order valence-electron chi connectivity index (χ0n) is 11.9. The third-order valence-corrected chi connectivity index (χ3v) is 2.82. The number of carbonyl (C=O) groups is 2. The molecule has 5 heteroatoms. The molecule has 1 saturated heterocycles. The average molecular weight is 256 g/mol. The van der Waals surface area contributed by atoms with Crippen molar-refractivity contribution in [1.82, 2.24) is 9.80 Å². The largest absolute Gasteiger partial charge is 0.444 e. The van der Waals surface area contributed by atoms with Crippen molar-refractivity contribution in [3.05, 3.63) is 0 Å². The average Bonchev–Trinajstić information content (AvgIpc) is 2.27. The summed E-state index contributed by atoms with van der Waals surface area (Å²) in [5.74, 6) is 0.251. The summed E-state index contributed by atoms with van der Waals surface area (Å²) in [5.41, 5.74) is -0.452. The van der Waals surface area contributed by atoms with Crippen LogP contribution in [0.5, 0.6) is 0 Å². The van der Waals surface area contributed by atoms with E-state index in [1.165, 1.54) is 0 Å². The third-order valence-electron chi connectivity index (χ3n) is 2.82. The minimum atomic E-state index is -0.452. The topological polar surface area (TPSA) is 49.9 Å². The van der Waals surface area contributed by atoms with Gasteiger partial charge in [0.05, 0.1) is 6.54 Å². The van der Waals surface area contributed by atoms with Crippen LogP contribution in [0.15, 0.2) is 0 Å². The lowest BCUT2D eigenvalue weighted by Crippen LogP contribution is -2.50. The molecule has 1 amide bonds. The van der Waals surface area contributed by atoms with Gasteiger partial charge in [0.2, 0.25) is 0 Å². The summed E-state index contributed by atoms with van der Waals surface area (Å²) in [5, 5.41) is 0. The normalized spacial score (nSPS) is 17.7. The molecule has 0 radical (unpaired) electrons. The van der Waals surface area contributed by atoms with Gasteiger partial charge in [-0.1, -0.05) is 6.92 Å². The van der Waals surface area contributed by atoms with Crippen molar-refractivity contribution in [3.63, 3.8) is 0 Å². The maximum absolute atomic E-state index is 11.8. The van der Waals surface area contributed by atoms with Crippen molar-refractivity contribution in [2.75, 3.05) is 32.7 Å². The number of carbonyl (C=O) groups excluding carboxylic acids is 2. The van der Waals surface area contributed by atoms with Gasteiger partial charge in [0.15, 0.2) is 0 Å². The predicted octanol–water partition coefficient (Wildman–Crippen LogP) is 1.52. The molecule has 0 aliphatic carbocycles. The lowest BCUT2D eigenvalue weighted by atomic mass is 10.2. The number of ether oxygens (including phenoxy) is 1. The Bertz CT molecular complexity index is 302. The van der Waals surface area contributed by atoms with E-state index in [1.54, 1.807) is 4.90 Å². The molecule has 0 atom stereocenters. The number of ketones is 1. The maximum Gasteiger partial charge on any atom is 0.410 e. The third kappa shape index (κ3) is 5.04. The number of amides is 1. The van der Waals surface area contributed by atoms with Crippen LogP contribution in [0.3, 0.4) is 0 Å². The Morgan fingerprint density at radius 2 is 1.67 bits per heavy atom. The Morgan fingerprint density at radius 1 is 1.11 bits per heavy atom. The first kappa shape index (κ1) is 15.0. The van der Waals surface area contributed by atoms with Crippen LogP contribution in [0.25, 0.3) is 0 Å². The molecule has 1 fully saturated rings. The Morgan fingerprint density at radius 3 is 2.11 bits per heavy atom. The fourth-order valence-electron chi connectivity index (χ4n) is 1.78. The highest BCUT2D eigenvalue weighted by Gasteiger charge is 2.26. The molecule has 18 heavy (non-hydrogen) atoms. The highest BCUT2D eigenvalue weighted by molar-refractivity contribution is 5.80. The minimum Gasteiger partial charge on any atom is -0.444 e. The fraction of sp³-hybridized carbons (Fsp3) is 0.846. The molecule has 1 aliphatic heterocycles. The number of hydrogen-bond donors (Lipinski definition) is 0. The predicted molar refractivity (Wildman–Crippen MR) is 69.5 cm³/mol. The van der Waals surface area contributed by atoms with E-state index in [1.807, 2.05) is 27.7 Å². The van der Waals surface area contributed by atoms with Crippen molar-refractivity contribution < 1.29 is 14.3 Å². The van der Waals surface area contributed by atoms with E-state index in [0.717, 1.165) is 13.1 Å². The maximum atomic E-state index is 11.8. The molecule has 0 aromatic rings. The van der Waals surface area contributed by atoms with E-state index in [-0.39, 0.29) is 11.9 Å². The Balaban J connectivity index is 2.35. The Kier molecular flexibility index (Phi) is 5.14. The van der Waals surface area contributed by atoms with Crippen molar-refractivity contribution in [3.8, 4) is 0 Å². The van der Waals surface area contributed by atoms with E-state index in [0.29, 0.717) is 26.1 Å². The lowest BCUT2D eigenvalue weighted by molar-refractivity contribution is -0.120. The second kappa shape index (κ2) is 6.18. The number of Topliss-reactive ketones (excluding diaryl/α,β-unsaturated/α-hetero) is 1. The molecule has 0 aromatic heterocycles. The van der Waals surface area contributed by atoms with Gasteiger partial charge in [-0.3, -0.25) is 9.69 Å². The molecule has 5 nitrogen and oxygen atoms in total. The second-order valence-corrected chi connectivity index (χ2v) is 5.64. The lowest BCUT2D eigenvalue weighted by Gasteiger charge is -2.35. The summed E-state index contributed by atoms with van der Waals surface area (Å²) in [6.45, 7) is 10.7. The first-order valence-electron chi connectivity index (χ1n) is 6.54. The van der Waals surface area contributed by atoms with Crippen molar-refractivity contribution in [2.45, 2.75) is 39.7 Å².